The fourth-order valence-electron chi connectivity index (χ4n) is 5.12. The molecule has 0 spiro atoms. The highest BCUT2D eigenvalue weighted by molar-refractivity contribution is 7.89. The molecule has 2 aliphatic heterocycles. The molecule has 12 heteroatoms. The Balaban J connectivity index is 1.21. The minimum atomic E-state index is -3.84. The van der Waals surface area contributed by atoms with E-state index < -0.39 is 10.0 Å². The van der Waals surface area contributed by atoms with Gasteiger partial charge < -0.3 is 19.7 Å². The van der Waals surface area contributed by atoms with Crippen LogP contribution in [0.3, 0.4) is 0 Å². The van der Waals surface area contributed by atoms with Crippen molar-refractivity contribution in [3.05, 3.63) is 41.6 Å². The van der Waals surface area contributed by atoms with Gasteiger partial charge in [0.2, 0.25) is 11.9 Å². The summed E-state index contributed by atoms with van der Waals surface area (Å²) in [5.74, 6) is 1.80. The number of hydrogen-bond donors (Lipinski definition) is 1. The number of halogens is 1. The number of benzene rings is 1. The summed E-state index contributed by atoms with van der Waals surface area (Å²) in [6.45, 7) is 4.38. The molecule has 37 heavy (non-hydrogen) atoms. The van der Waals surface area contributed by atoms with Crippen LogP contribution in [-0.2, 0) is 14.8 Å². The lowest BCUT2D eigenvalue weighted by atomic mass is 9.95. The summed E-state index contributed by atoms with van der Waals surface area (Å²) in [5.41, 5.74) is 0.687. The minimum Gasteiger partial charge on any atom is -0.356 e. The number of H-pyrrole nitrogens is 1. The largest absolute Gasteiger partial charge is 0.356 e. The number of nitrogens with zero attached hydrogens (tertiary/aromatic N) is 6. The van der Waals surface area contributed by atoms with Crippen molar-refractivity contribution in [3.63, 3.8) is 0 Å². The van der Waals surface area contributed by atoms with Crippen molar-refractivity contribution in [1.82, 2.24) is 24.2 Å². The van der Waals surface area contributed by atoms with Crippen LogP contribution in [0.1, 0.15) is 19.8 Å². The molecule has 1 amide bonds. The summed E-state index contributed by atoms with van der Waals surface area (Å²) >= 11 is 6.05. The molecule has 2 fully saturated rings. The highest BCUT2D eigenvalue weighted by atomic mass is 35.5. The van der Waals surface area contributed by atoms with Crippen molar-refractivity contribution in [2.24, 2.45) is 5.92 Å². The molecular weight excluding hydrogens is 514 g/mol. The molecule has 1 N–H and O–H groups in total. The van der Waals surface area contributed by atoms with E-state index >= 15 is 0 Å². The molecule has 1 atom stereocenters. The maximum absolute atomic E-state index is 13.3. The van der Waals surface area contributed by atoms with Crippen LogP contribution >= 0.6 is 11.6 Å². The van der Waals surface area contributed by atoms with Gasteiger partial charge in [-0.3, -0.25) is 4.79 Å². The van der Waals surface area contributed by atoms with Crippen LogP contribution in [0.5, 0.6) is 0 Å². The van der Waals surface area contributed by atoms with E-state index in [0.717, 1.165) is 37.1 Å². The number of nitrogens with one attached hydrogen (secondary N) is 1. The number of rotatable bonds is 6. The normalized spacial score (nSPS) is 20.1. The van der Waals surface area contributed by atoms with E-state index in [2.05, 4.69) is 19.9 Å². The van der Waals surface area contributed by atoms with Gasteiger partial charge in [-0.2, -0.15) is 9.29 Å². The molecule has 0 bridgehead atoms. The van der Waals surface area contributed by atoms with Crippen LogP contribution in [0.15, 0.2) is 41.6 Å². The Labute approximate surface area is 222 Å². The first-order valence-electron chi connectivity index (χ1n) is 12.4. The molecular formula is C25H32ClN7O3S. The Morgan fingerprint density at radius 2 is 1.92 bits per heavy atom. The molecule has 0 radical (unpaired) electrons. The van der Waals surface area contributed by atoms with E-state index in [9.17, 15) is 13.2 Å². The molecule has 2 saturated heterocycles. The number of carbonyl (C=O) groups excluding carboxylic acids is 1. The predicted octanol–water partition coefficient (Wildman–Crippen LogP) is 2.82. The van der Waals surface area contributed by atoms with Gasteiger partial charge in [0.1, 0.15) is 10.8 Å². The van der Waals surface area contributed by atoms with Crippen molar-refractivity contribution in [2.45, 2.75) is 30.8 Å². The molecule has 1 aromatic carbocycles. The highest BCUT2D eigenvalue weighted by Crippen LogP contribution is 2.28. The number of anilines is 2. The molecule has 5 rings (SSSR count). The Morgan fingerprint density at radius 1 is 1.16 bits per heavy atom. The summed E-state index contributed by atoms with van der Waals surface area (Å²) in [4.78, 5) is 31.0. The number of sulfonamides is 1. The standard InChI is InChI=1S/C25H32ClN7O3S/c1-17-14-32(37(35,36)23-13-19-12-20(26)4-5-21(19)28-23)16-24(34)33(17)15-18-7-10-31(11-8-18)22-6-9-27-25(29-22)30(2)3/h4-6,9,12-13,17-18,28H,7-8,10-11,14-16H2,1-3H3/t17-/m1/s1. The maximum atomic E-state index is 13.3. The van der Waals surface area contributed by atoms with Crippen LogP contribution in [0, 0.1) is 5.92 Å². The number of piperazine rings is 1. The van der Waals surface area contributed by atoms with E-state index in [1.807, 2.05) is 36.9 Å². The Kier molecular flexibility index (Phi) is 7.03. The van der Waals surface area contributed by atoms with Gasteiger partial charge in [0, 0.05) is 68.4 Å². The van der Waals surface area contributed by atoms with E-state index in [1.165, 1.54) is 4.31 Å². The van der Waals surface area contributed by atoms with Crippen LogP contribution < -0.4 is 9.80 Å². The number of aromatic amines is 1. The summed E-state index contributed by atoms with van der Waals surface area (Å²) < 4.78 is 28.0. The first-order chi connectivity index (χ1) is 17.6. The average molecular weight is 546 g/mol. The second-order valence-electron chi connectivity index (χ2n) is 10.1. The van der Waals surface area contributed by atoms with Gasteiger partial charge in [-0.1, -0.05) is 11.6 Å². The lowest BCUT2D eigenvalue weighted by molar-refractivity contribution is -0.137. The Bertz CT molecular complexity index is 1400. The zero-order valence-electron chi connectivity index (χ0n) is 21.3. The third-order valence-electron chi connectivity index (χ3n) is 7.23. The highest BCUT2D eigenvalue weighted by Gasteiger charge is 2.38. The number of carbonyl (C=O) groups is 1. The third kappa shape index (κ3) is 5.25. The molecule has 4 heterocycles. The van der Waals surface area contributed by atoms with Crippen molar-refractivity contribution in [1.29, 1.82) is 0 Å². The maximum Gasteiger partial charge on any atom is 0.259 e. The SMILES string of the molecule is C[C@@H]1CN(S(=O)(=O)c2cc3cc(Cl)ccc3[nH]2)CC(=O)N1CC1CCN(c2ccnc(N(C)C)n2)CC1. The zero-order chi connectivity index (χ0) is 26.3. The zero-order valence-corrected chi connectivity index (χ0v) is 22.8. The summed E-state index contributed by atoms with van der Waals surface area (Å²) in [7, 11) is 0.000968. The lowest BCUT2D eigenvalue weighted by Gasteiger charge is -2.42. The topological polar surface area (TPSA) is 106 Å². The second kappa shape index (κ2) is 10.1. The summed E-state index contributed by atoms with van der Waals surface area (Å²) in [6.07, 6.45) is 3.66. The number of piperidine rings is 1. The van der Waals surface area contributed by atoms with Crippen molar-refractivity contribution >= 4 is 50.2 Å². The van der Waals surface area contributed by atoms with Gasteiger partial charge >= 0.3 is 0 Å². The van der Waals surface area contributed by atoms with Gasteiger partial charge in [-0.05, 0) is 56.0 Å². The van der Waals surface area contributed by atoms with Crippen LogP contribution in [0.25, 0.3) is 10.9 Å². The van der Waals surface area contributed by atoms with Gasteiger partial charge in [0.15, 0.2) is 0 Å². The monoisotopic (exact) mass is 545 g/mol. The Hall–Kier alpha value is -2.89. The molecule has 2 aromatic heterocycles. The lowest BCUT2D eigenvalue weighted by Crippen LogP contribution is -2.58. The van der Waals surface area contributed by atoms with Crippen molar-refractivity contribution < 1.29 is 13.2 Å². The number of amides is 1. The first kappa shape index (κ1) is 25.7. The van der Waals surface area contributed by atoms with Crippen molar-refractivity contribution in [3.8, 4) is 0 Å². The Morgan fingerprint density at radius 3 is 2.62 bits per heavy atom. The van der Waals surface area contributed by atoms with Gasteiger partial charge in [0.25, 0.3) is 10.0 Å². The second-order valence-corrected chi connectivity index (χ2v) is 12.4. The molecule has 0 saturated carbocycles. The summed E-state index contributed by atoms with van der Waals surface area (Å²) in [6, 6.07) is 8.47. The smallest absolute Gasteiger partial charge is 0.259 e. The average Bonchev–Trinajstić information content (AvgIpc) is 3.31. The fraction of sp³-hybridized carbons (Fsp3) is 0.480. The van der Waals surface area contributed by atoms with E-state index in [0.29, 0.717) is 29.0 Å². The van der Waals surface area contributed by atoms with Crippen LogP contribution in [-0.4, -0.2) is 91.3 Å². The van der Waals surface area contributed by atoms with Gasteiger partial charge in [-0.15, -0.1) is 0 Å². The minimum absolute atomic E-state index is 0.0766. The van der Waals surface area contributed by atoms with Crippen LogP contribution in [0.4, 0.5) is 11.8 Å². The summed E-state index contributed by atoms with van der Waals surface area (Å²) in [5, 5.41) is 1.33. The van der Waals surface area contributed by atoms with Crippen LogP contribution in [0.2, 0.25) is 5.02 Å². The molecule has 10 nitrogen and oxygen atoms in total. The molecule has 0 unspecified atom stereocenters. The number of aromatic nitrogens is 3. The molecule has 3 aromatic rings. The van der Waals surface area contributed by atoms with E-state index in [1.54, 1.807) is 30.5 Å². The van der Waals surface area contributed by atoms with Crippen molar-refractivity contribution in [2.75, 3.05) is 56.6 Å². The number of hydrogen-bond acceptors (Lipinski definition) is 7. The molecule has 2 aliphatic rings. The van der Waals surface area contributed by atoms with Gasteiger partial charge in [-0.25, -0.2) is 13.4 Å². The molecule has 0 aliphatic carbocycles. The quantitative estimate of drug-likeness (QED) is 0.507. The number of fused-ring (bicyclic) bond motifs is 1. The third-order valence-corrected chi connectivity index (χ3v) is 9.20. The first-order valence-corrected chi connectivity index (χ1v) is 14.3. The molecule has 198 valence electrons. The van der Waals surface area contributed by atoms with E-state index in [4.69, 9.17) is 11.6 Å². The fourth-order valence-corrected chi connectivity index (χ4v) is 6.78. The predicted molar refractivity (Wildman–Crippen MR) is 145 cm³/mol. The van der Waals surface area contributed by atoms with Gasteiger partial charge in [0.05, 0.1) is 6.54 Å². The van der Waals surface area contributed by atoms with E-state index in [-0.39, 0.29) is 30.1 Å².